The van der Waals surface area contributed by atoms with Gasteiger partial charge >= 0.3 is 0 Å². The highest BCUT2D eigenvalue weighted by Gasteiger charge is 2.06. The van der Waals surface area contributed by atoms with Crippen LogP contribution in [0.15, 0.2) is 16.9 Å². The molecular weight excluding hydrogens is 196 g/mol. The average molecular weight is 212 g/mol. The van der Waals surface area contributed by atoms with Crippen LogP contribution in [0.3, 0.4) is 0 Å². The fourth-order valence-electron chi connectivity index (χ4n) is 1.24. The lowest BCUT2D eigenvalue weighted by atomic mass is 10.1. The average Bonchev–Trinajstić information content (AvgIpc) is 2.19. The lowest BCUT2D eigenvalue weighted by molar-refractivity contribution is 0.428. The molecule has 0 fully saturated rings. The highest BCUT2D eigenvalue weighted by atomic mass is 32.1. The Bertz CT molecular complexity index is 344. The van der Waals surface area contributed by atoms with Crippen molar-refractivity contribution < 1.29 is 0 Å². The van der Waals surface area contributed by atoms with Crippen molar-refractivity contribution in [2.45, 2.75) is 26.8 Å². The molecule has 4 heteroatoms. The Morgan fingerprint density at radius 1 is 1.57 bits per heavy atom. The van der Waals surface area contributed by atoms with Gasteiger partial charge in [0.05, 0.1) is 5.69 Å². The van der Waals surface area contributed by atoms with E-state index >= 15 is 0 Å². The summed E-state index contributed by atoms with van der Waals surface area (Å²) >= 11 is 4.24. The van der Waals surface area contributed by atoms with Crippen LogP contribution >= 0.6 is 12.6 Å². The van der Waals surface area contributed by atoms with Gasteiger partial charge in [-0.15, -0.1) is 0 Å². The van der Waals surface area contributed by atoms with Crippen LogP contribution < -0.4 is 5.56 Å². The van der Waals surface area contributed by atoms with Crippen molar-refractivity contribution in [2.24, 2.45) is 5.92 Å². The molecule has 0 spiro atoms. The van der Waals surface area contributed by atoms with Gasteiger partial charge in [-0.25, -0.2) is 4.68 Å². The molecule has 0 N–H and O–H groups in total. The molecule has 1 atom stereocenters. The minimum atomic E-state index is -0.0316. The van der Waals surface area contributed by atoms with Crippen molar-refractivity contribution in [3.63, 3.8) is 0 Å². The van der Waals surface area contributed by atoms with Crippen molar-refractivity contribution >= 4 is 12.6 Å². The number of thiol groups is 1. The molecule has 1 aromatic heterocycles. The van der Waals surface area contributed by atoms with Crippen molar-refractivity contribution in [1.82, 2.24) is 9.78 Å². The van der Waals surface area contributed by atoms with E-state index in [2.05, 4.69) is 24.7 Å². The van der Waals surface area contributed by atoms with Gasteiger partial charge in [0.1, 0.15) is 0 Å². The Hall–Kier alpha value is -0.770. The minimum absolute atomic E-state index is 0.0316. The molecule has 1 aromatic rings. The Kier molecular flexibility index (Phi) is 4.20. The van der Waals surface area contributed by atoms with Gasteiger partial charge in [-0.1, -0.05) is 13.3 Å². The predicted molar refractivity (Wildman–Crippen MR) is 60.9 cm³/mol. The molecule has 0 amide bonds. The molecule has 1 unspecified atom stereocenters. The number of aromatic nitrogens is 2. The molecule has 14 heavy (non-hydrogen) atoms. The van der Waals surface area contributed by atoms with Crippen LogP contribution in [0.4, 0.5) is 0 Å². The van der Waals surface area contributed by atoms with Gasteiger partial charge in [0.25, 0.3) is 5.56 Å². The summed E-state index contributed by atoms with van der Waals surface area (Å²) < 4.78 is 1.53. The topological polar surface area (TPSA) is 34.9 Å². The van der Waals surface area contributed by atoms with E-state index in [4.69, 9.17) is 0 Å². The second kappa shape index (κ2) is 5.20. The maximum atomic E-state index is 11.4. The van der Waals surface area contributed by atoms with Crippen molar-refractivity contribution in [3.05, 3.63) is 28.2 Å². The summed E-state index contributed by atoms with van der Waals surface area (Å²) in [6, 6.07) is 3.30. The van der Waals surface area contributed by atoms with Crippen LogP contribution in [0, 0.1) is 12.8 Å². The van der Waals surface area contributed by atoms with E-state index in [9.17, 15) is 4.79 Å². The summed E-state index contributed by atoms with van der Waals surface area (Å²) in [5, 5.41) is 4.18. The third-order valence-electron chi connectivity index (χ3n) is 2.27. The van der Waals surface area contributed by atoms with E-state index in [1.807, 2.05) is 6.92 Å². The van der Waals surface area contributed by atoms with E-state index in [-0.39, 0.29) is 5.56 Å². The van der Waals surface area contributed by atoms with E-state index in [1.54, 1.807) is 12.1 Å². The molecule has 1 rings (SSSR count). The summed E-state index contributed by atoms with van der Waals surface area (Å²) in [4.78, 5) is 11.4. The summed E-state index contributed by atoms with van der Waals surface area (Å²) in [6.07, 6.45) is 1.02. The Morgan fingerprint density at radius 2 is 2.29 bits per heavy atom. The van der Waals surface area contributed by atoms with Gasteiger partial charge in [-0.2, -0.15) is 17.7 Å². The predicted octanol–water partition coefficient (Wildman–Crippen LogP) is 1.51. The zero-order valence-corrected chi connectivity index (χ0v) is 9.50. The van der Waals surface area contributed by atoms with Gasteiger partial charge in [0, 0.05) is 12.6 Å². The SMILES string of the molecule is CCC(CS)Cn1nc(C)ccc1=O. The first-order chi connectivity index (χ1) is 6.67. The highest BCUT2D eigenvalue weighted by molar-refractivity contribution is 7.80. The largest absolute Gasteiger partial charge is 0.268 e. The summed E-state index contributed by atoms with van der Waals surface area (Å²) in [5.41, 5.74) is 0.842. The second-order valence-corrected chi connectivity index (χ2v) is 3.82. The van der Waals surface area contributed by atoms with E-state index in [0.29, 0.717) is 12.5 Å². The first-order valence-electron chi connectivity index (χ1n) is 4.83. The molecule has 78 valence electrons. The molecule has 0 aromatic carbocycles. The summed E-state index contributed by atoms with van der Waals surface area (Å²) in [5.74, 6) is 1.21. The van der Waals surface area contributed by atoms with Crippen LogP contribution in [-0.4, -0.2) is 15.5 Å². The third kappa shape index (κ3) is 2.87. The monoisotopic (exact) mass is 212 g/mol. The standard InChI is InChI=1S/C10H16N2OS/c1-3-9(7-14)6-12-10(13)5-4-8(2)11-12/h4-5,9,14H,3,6-7H2,1-2H3. The number of hydrogen-bond acceptors (Lipinski definition) is 3. The van der Waals surface area contributed by atoms with Gasteiger partial charge < -0.3 is 0 Å². The lowest BCUT2D eigenvalue weighted by Crippen LogP contribution is -2.26. The molecule has 0 aliphatic carbocycles. The lowest BCUT2D eigenvalue weighted by Gasteiger charge is -2.12. The van der Waals surface area contributed by atoms with Crippen LogP contribution in [-0.2, 0) is 6.54 Å². The molecule has 0 bridgehead atoms. The molecule has 0 aliphatic heterocycles. The molecular formula is C10H16N2OS. The summed E-state index contributed by atoms with van der Waals surface area (Å²) in [7, 11) is 0. The smallest absolute Gasteiger partial charge is 0.266 e. The molecule has 0 saturated carbocycles. The Labute approximate surface area is 89.6 Å². The number of rotatable bonds is 4. The van der Waals surface area contributed by atoms with Crippen LogP contribution in [0.5, 0.6) is 0 Å². The first-order valence-corrected chi connectivity index (χ1v) is 5.46. The summed E-state index contributed by atoms with van der Waals surface area (Å²) in [6.45, 7) is 4.65. The van der Waals surface area contributed by atoms with Crippen LogP contribution in [0.25, 0.3) is 0 Å². The van der Waals surface area contributed by atoms with E-state index < -0.39 is 0 Å². The third-order valence-corrected chi connectivity index (χ3v) is 2.78. The first kappa shape index (κ1) is 11.3. The van der Waals surface area contributed by atoms with Crippen LogP contribution in [0.2, 0.25) is 0 Å². The normalized spacial score (nSPS) is 12.8. The number of aryl methyl sites for hydroxylation is 1. The van der Waals surface area contributed by atoms with Crippen LogP contribution in [0.1, 0.15) is 19.0 Å². The molecule has 0 aliphatic rings. The zero-order valence-electron chi connectivity index (χ0n) is 8.60. The Morgan fingerprint density at radius 3 is 2.86 bits per heavy atom. The Balaban J connectivity index is 2.85. The van der Waals surface area contributed by atoms with Crippen molar-refractivity contribution in [3.8, 4) is 0 Å². The fraction of sp³-hybridized carbons (Fsp3) is 0.600. The van der Waals surface area contributed by atoms with Crippen molar-refractivity contribution in [2.75, 3.05) is 5.75 Å². The van der Waals surface area contributed by atoms with Gasteiger partial charge in [-0.05, 0) is 24.7 Å². The molecule has 1 heterocycles. The maximum absolute atomic E-state index is 11.4. The number of nitrogens with zero attached hydrogens (tertiary/aromatic N) is 2. The minimum Gasteiger partial charge on any atom is -0.268 e. The molecule has 0 radical (unpaired) electrons. The van der Waals surface area contributed by atoms with Gasteiger partial charge in [0.15, 0.2) is 0 Å². The fourth-order valence-corrected chi connectivity index (χ4v) is 1.62. The zero-order chi connectivity index (χ0) is 10.6. The van der Waals surface area contributed by atoms with Crippen molar-refractivity contribution in [1.29, 1.82) is 0 Å². The second-order valence-electron chi connectivity index (χ2n) is 3.45. The van der Waals surface area contributed by atoms with Gasteiger partial charge in [-0.3, -0.25) is 4.79 Å². The van der Waals surface area contributed by atoms with Gasteiger partial charge in [0.2, 0.25) is 0 Å². The molecule has 3 nitrogen and oxygen atoms in total. The van der Waals surface area contributed by atoms with E-state index in [1.165, 1.54) is 4.68 Å². The molecule has 0 saturated heterocycles. The number of hydrogen-bond donors (Lipinski definition) is 1. The van der Waals surface area contributed by atoms with E-state index in [0.717, 1.165) is 17.9 Å². The highest BCUT2D eigenvalue weighted by Crippen LogP contribution is 2.06. The maximum Gasteiger partial charge on any atom is 0.266 e. The quantitative estimate of drug-likeness (QED) is 0.768.